The first-order valence-electron chi connectivity index (χ1n) is 4.52. The molecule has 0 atom stereocenters. The average molecular weight is 234 g/mol. The maximum absolute atomic E-state index is 5.94. The van der Waals surface area contributed by atoms with Crippen molar-refractivity contribution >= 4 is 34.8 Å². The van der Waals surface area contributed by atoms with E-state index in [-0.39, 0.29) is 0 Å². The number of aromatic nitrogens is 1. The fraction of sp³-hybridized carbons (Fsp3) is 0.444. The molecule has 0 spiro atoms. The zero-order valence-corrected chi connectivity index (χ0v) is 9.71. The average Bonchev–Trinajstić information content (AvgIpc) is 2.14. The van der Waals surface area contributed by atoms with E-state index in [0.29, 0.717) is 21.7 Å². The summed E-state index contributed by atoms with van der Waals surface area (Å²) in [5.41, 5.74) is 0. The molecule has 0 radical (unpaired) electrons. The summed E-state index contributed by atoms with van der Waals surface area (Å²) in [6.07, 6.45) is 0. The van der Waals surface area contributed by atoms with Crippen LogP contribution in [0.25, 0.3) is 0 Å². The quantitative estimate of drug-likeness (QED) is 0.839. The van der Waals surface area contributed by atoms with Gasteiger partial charge in [-0.1, -0.05) is 23.2 Å². The third kappa shape index (κ3) is 2.66. The Kier molecular flexibility index (Phi) is 4.29. The van der Waals surface area contributed by atoms with Gasteiger partial charge in [0.05, 0.1) is 10.0 Å². The number of hydrogen-bond acceptors (Lipinski definition) is 3. The first-order valence-corrected chi connectivity index (χ1v) is 5.28. The van der Waals surface area contributed by atoms with Crippen LogP contribution >= 0.6 is 23.2 Å². The molecule has 5 heteroatoms. The van der Waals surface area contributed by atoms with Gasteiger partial charge in [0.25, 0.3) is 0 Å². The van der Waals surface area contributed by atoms with Gasteiger partial charge in [-0.05, 0) is 19.9 Å². The fourth-order valence-corrected chi connectivity index (χ4v) is 1.54. The molecular formula is C9H13Cl2N3. The second-order valence-electron chi connectivity index (χ2n) is 2.71. The molecule has 0 saturated heterocycles. The summed E-state index contributed by atoms with van der Waals surface area (Å²) < 4.78 is 0. The van der Waals surface area contributed by atoms with Crippen LogP contribution in [0.2, 0.25) is 10.0 Å². The Morgan fingerprint density at radius 3 is 1.86 bits per heavy atom. The molecule has 1 aromatic heterocycles. The van der Waals surface area contributed by atoms with Crippen LogP contribution in [-0.2, 0) is 0 Å². The SMILES string of the molecule is CCNc1nc(NCC)c(Cl)cc1Cl. The molecular weight excluding hydrogens is 221 g/mol. The summed E-state index contributed by atoms with van der Waals surface area (Å²) in [5.74, 6) is 1.32. The maximum Gasteiger partial charge on any atom is 0.147 e. The number of pyridine rings is 1. The normalized spacial score (nSPS) is 10.0. The van der Waals surface area contributed by atoms with Crippen molar-refractivity contribution in [2.75, 3.05) is 23.7 Å². The van der Waals surface area contributed by atoms with Gasteiger partial charge in [-0.25, -0.2) is 4.98 Å². The molecule has 1 rings (SSSR count). The van der Waals surface area contributed by atoms with E-state index in [1.54, 1.807) is 6.07 Å². The summed E-state index contributed by atoms with van der Waals surface area (Å²) in [5, 5.41) is 7.20. The lowest BCUT2D eigenvalue weighted by Gasteiger charge is -2.10. The topological polar surface area (TPSA) is 37.0 Å². The van der Waals surface area contributed by atoms with Gasteiger partial charge in [0.1, 0.15) is 11.6 Å². The number of halogens is 2. The molecule has 78 valence electrons. The van der Waals surface area contributed by atoms with Gasteiger partial charge in [0.2, 0.25) is 0 Å². The van der Waals surface area contributed by atoms with Gasteiger partial charge in [-0.15, -0.1) is 0 Å². The van der Waals surface area contributed by atoms with E-state index in [4.69, 9.17) is 23.2 Å². The molecule has 0 aliphatic heterocycles. The van der Waals surface area contributed by atoms with Crippen molar-refractivity contribution in [2.24, 2.45) is 0 Å². The standard InChI is InChI=1S/C9H13Cl2N3/c1-3-12-8-6(10)5-7(11)9(14-8)13-4-2/h5H,3-4H2,1-2H3,(H2,12,13,14). The number of hydrogen-bond donors (Lipinski definition) is 2. The predicted octanol–water partition coefficient (Wildman–Crippen LogP) is 3.25. The lowest BCUT2D eigenvalue weighted by atomic mass is 10.4. The smallest absolute Gasteiger partial charge is 0.147 e. The van der Waals surface area contributed by atoms with Crippen molar-refractivity contribution in [3.8, 4) is 0 Å². The van der Waals surface area contributed by atoms with Crippen LogP contribution in [0.15, 0.2) is 6.07 Å². The maximum atomic E-state index is 5.94. The zero-order valence-electron chi connectivity index (χ0n) is 8.19. The molecule has 0 fully saturated rings. The lowest BCUT2D eigenvalue weighted by molar-refractivity contribution is 1.12. The number of nitrogens with one attached hydrogen (secondary N) is 2. The van der Waals surface area contributed by atoms with E-state index in [9.17, 15) is 0 Å². The van der Waals surface area contributed by atoms with E-state index in [1.807, 2.05) is 13.8 Å². The van der Waals surface area contributed by atoms with Gasteiger partial charge < -0.3 is 10.6 Å². The molecule has 2 N–H and O–H groups in total. The van der Waals surface area contributed by atoms with Crippen molar-refractivity contribution in [1.82, 2.24) is 4.98 Å². The van der Waals surface area contributed by atoms with E-state index in [2.05, 4.69) is 15.6 Å². The largest absolute Gasteiger partial charge is 0.369 e. The Morgan fingerprint density at radius 2 is 1.50 bits per heavy atom. The van der Waals surface area contributed by atoms with Gasteiger partial charge in [0.15, 0.2) is 0 Å². The molecule has 0 unspecified atom stereocenters. The molecule has 0 amide bonds. The third-order valence-electron chi connectivity index (χ3n) is 1.62. The highest BCUT2D eigenvalue weighted by Gasteiger charge is 2.07. The zero-order chi connectivity index (χ0) is 10.6. The second kappa shape index (κ2) is 5.27. The Hall–Kier alpha value is -0.670. The van der Waals surface area contributed by atoms with Crippen LogP contribution < -0.4 is 10.6 Å². The fourth-order valence-electron chi connectivity index (χ4n) is 1.05. The minimum absolute atomic E-state index is 0.540. The Balaban J connectivity index is 3.00. The van der Waals surface area contributed by atoms with Crippen LogP contribution in [0.1, 0.15) is 13.8 Å². The molecule has 0 saturated carbocycles. The number of rotatable bonds is 4. The van der Waals surface area contributed by atoms with Gasteiger partial charge in [0, 0.05) is 13.1 Å². The molecule has 0 bridgehead atoms. The van der Waals surface area contributed by atoms with Gasteiger partial charge >= 0.3 is 0 Å². The molecule has 1 aromatic rings. The van der Waals surface area contributed by atoms with Crippen LogP contribution in [0.5, 0.6) is 0 Å². The Bertz CT molecular complexity index is 288. The molecule has 0 aliphatic carbocycles. The number of nitrogens with zero attached hydrogens (tertiary/aromatic N) is 1. The summed E-state index contributed by atoms with van der Waals surface area (Å²) in [6, 6.07) is 1.69. The van der Waals surface area contributed by atoms with Crippen molar-refractivity contribution < 1.29 is 0 Å². The Labute approximate surface area is 93.8 Å². The van der Waals surface area contributed by atoms with E-state index in [0.717, 1.165) is 13.1 Å². The second-order valence-corrected chi connectivity index (χ2v) is 3.52. The summed E-state index contributed by atoms with van der Waals surface area (Å²) in [6.45, 7) is 5.53. The van der Waals surface area contributed by atoms with Crippen LogP contribution in [0, 0.1) is 0 Å². The highest BCUT2D eigenvalue weighted by molar-refractivity contribution is 6.37. The van der Waals surface area contributed by atoms with Gasteiger partial charge in [-0.3, -0.25) is 0 Å². The van der Waals surface area contributed by atoms with Crippen molar-refractivity contribution in [3.05, 3.63) is 16.1 Å². The predicted molar refractivity (Wildman–Crippen MR) is 62.6 cm³/mol. The third-order valence-corrected chi connectivity index (χ3v) is 2.19. The Morgan fingerprint density at radius 1 is 1.07 bits per heavy atom. The molecule has 1 heterocycles. The first-order chi connectivity index (χ1) is 6.69. The summed E-state index contributed by atoms with van der Waals surface area (Å²) in [4.78, 5) is 4.27. The van der Waals surface area contributed by atoms with Crippen LogP contribution in [0.3, 0.4) is 0 Å². The molecule has 0 aromatic carbocycles. The van der Waals surface area contributed by atoms with Crippen LogP contribution in [0.4, 0.5) is 11.6 Å². The summed E-state index contributed by atoms with van der Waals surface area (Å²) in [7, 11) is 0. The van der Waals surface area contributed by atoms with E-state index >= 15 is 0 Å². The minimum atomic E-state index is 0.540. The van der Waals surface area contributed by atoms with Crippen molar-refractivity contribution in [1.29, 1.82) is 0 Å². The molecule has 14 heavy (non-hydrogen) atoms. The first kappa shape index (κ1) is 11.4. The minimum Gasteiger partial charge on any atom is -0.369 e. The van der Waals surface area contributed by atoms with Crippen molar-refractivity contribution in [3.63, 3.8) is 0 Å². The van der Waals surface area contributed by atoms with E-state index in [1.165, 1.54) is 0 Å². The van der Waals surface area contributed by atoms with E-state index < -0.39 is 0 Å². The highest BCUT2D eigenvalue weighted by Crippen LogP contribution is 2.28. The lowest BCUT2D eigenvalue weighted by Crippen LogP contribution is -2.05. The van der Waals surface area contributed by atoms with Gasteiger partial charge in [-0.2, -0.15) is 0 Å². The summed E-state index contributed by atoms with van der Waals surface area (Å²) >= 11 is 11.9. The molecule has 0 aliphatic rings. The van der Waals surface area contributed by atoms with Crippen molar-refractivity contribution in [2.45, 2.75) is 13.8 Å². The number of anilines is 2. The van der Waals surface area contributed by atoms with Crippen LogP contribution in [-0.4, -0.2) is 18.1 Å². The highest BCUT2D eigenvalue weighted by atomic mass is 35.5. The molecule has 3 nitrogen and oxygen atoms in total. The monoisotopic (exact) mass is 233 g/mol.